The molecule has 4 rings (SSSR count). The molecular weight excluding hydrogens is 434 g/mol. The molecule has 9 nitrogen and oxygen atoms in total. The van der Waals surface area contributed by atoms with Crippen LogP contribution in [0.25, 0.3) is 22.2 Å². The van der Waals surface area contributed by atoms with Crippen LogP contribution in [-0.4, -0.2) is 36.5 Å². The van der Waals surface area contributed by atoms with E-state index in [1.807, 2.05) is 0 Å². The Bertz CT molecular complexity index is 1430. The topological polar surface area (TPSA) is 114 Å². The van der Waals surface area contributed by atoms with Gasteiger partial charge in [-0.3, -0.25) is 10.1 Å². The standard InChI is InChI=1S/C22H19N3O6S/c1-30-20-9-8-16(12-21(20)31-2)19-13-24(22-18(19)7-4-10-23-22)32(28,29)14-15-5-3-6-17(11-15)25(26)27/h3-13H,14H2,1-2H3. The van der Waals surface area contributed by atoms with Crippen molar-refractivity contribution in [3.63, 3.8) is 0 Å². The van der Waals surface area contributed by atoms with Gasteiger partial charge in [-0.1, -0.05) is 18.2 Å². The fourth-order valence-electron chi connectivity index (χ4n) is 3.52. The van der Waals surface area contributed by atoms with Crippen LogP contribution in [0.15, 0.2) is 67.0 Å². The summed E-state index contributed by atoms with van der Waals surface area (Å²) in [5.74, 6) is 0.645. The third kappa shape index (κ3) is 3.87. The fourth-order valence-corrected chi connectivity index (χ4v) is 4.93. The van der Waals surface area contributed by atoms with E-state index < -0.39 is 20.7 Å². The smallest absolute Gasteiger partial charge is 0.269 e. The monoisotopic (exact) mass is 453 g/mol. The van der Waals surface area contributed by atoms with Crippen LogP contribution in [-0.2, 0) is 15.8 Å². The van der Waals surface area contributed by atoms with Crippen LogP contribution < -0.4 is 9.47 Å². The first-order valence-electron chi connectivity index (χ1n) is 9.49. The lowest BCUT2D eigenvalue weighted by molar-refractivity contribution is -0.384. The van der Waals surface area contributed by atoms with Crippen LogP contribution in [0, 0.1) is 10.1 Å². The van der Waals surface area contributed by atoms with Crippen LogP contribution in [0.3, 0.4) is 0 Å². The molecule has 0 aliphatic carbocycles. The second-order valence-electron chi connectivity index (χ2n) is 6.97. The van der Waals surface area contributed by atoms with Crippen molar-refractivity contribution in [2.24, 2.45) is 0 Å². The Kier molecular flexibility index (Phi) is 5.54. The lowest BCUT2D eigenvalue weighted by atomic mass is 10.1. The van der Waals surface area contributed by atoms with Crippen molar-refractivity contribution in [3.8, 4) is 22.6 Å². The van der Waals surface area contributed by atoms with Crippen molar-refractivity contribution in [2.75, 3.05) is 14.2 Å². The average Bonchev–Trinajstić information content (AvgIpc) is 3.19. The summed E-state index contributed by atoms with van der Waals surface area (Å²) in [5, 5.41) is 11.7. The highest BCUT2D eigenvalue weighted by Crippen LogP contribution is 2.36. The molecule has 2 aromatic carbocycles. The average molecular weight is 453 g/mol. The molecule has 0 saturated heterocycles. The van der Waals surface area contributed by atoms with Gasteiger partial charge in [0.05, 0.1) is 24.9 Å². The Hall–Kier alpha value is -3.92. The first kappa shape index (κ1) is 21.3. The van der Waals surface area contributed by atoms with Gasteiger partial charge >= 0.3 is 0 Å². The first-order chi connectivity index (χ1) is 15.3. The summed E-state index contributed by atoms with van der Waals surface area (Å²) in [4.78, 5) is 14.8. The van der Waals surface area contributed by atoms with Crippen molar-refractivity contribution in [2.45, 2.75) is 5.75 Å². The number of rotatable bonds is 7. The number of nitro groups is 1. The number of methoxy groups -OCH3 is 2. The van der Waals surface area contributed by atoms with Crippen molar-refractivity contribution < 1.29 is 22.8 Å². The van der Waals surface area contributed by atoms with Gasteiger partial charge in [0.25, 0.3) is 5.69 Å². The molecule has 0 fully saturated rings. The predicted molar refractivity (Wildman–Crippen MR) is 119 cm³/mol. The van der Waals surface area contributed by atoms with E-state index in [1.165, 1.54) is 44.8 Å². The van der Waals surface area contributed by atoms with Crippen molar-refractivity contribution in [1.29, 1.82) is 0 Å². The van der Waals surface area contributed by atoms with E-state index in [4.69, 9.17) is 9.47 Å². The Balaban J connectivity index is 1.83. The molecule has 32 heavy (non-hydrogen) atoms. The lowest BCUT2D eigenvalue weighted by Gasteiger charge is -2.09. The number of fused-ring (bicyclic) bond motifs is 1. The molecular formula is C22H19N3O6S. The Labute approximate surface area is 184 Å². The maximum atomic E-state index is 13.3. The molecule has 10 heteroatoms. The summed E-state index contributed by atoms with van der Waals surface area (Å²) in [6, 6.07) is 14.4. The molecule has 164 valence electrons. The van der Waals surface area contributed by atoms with Crippen LogP contribution >= 0.6 is 0 Å². The third-order valence-electron chi connectivity index (χ3n) is 5.00. The van der Waals surface area contributed by atoms with Crippen LogP contribution in [0.1, 0.15) is 5.56 Å². The number of hydrogen-bond acceptors (Lipinski definition) is 7. The minimum Gasteiger partial charge on any atom is -0.493 e. The number of hydrogen-bond donors (Lipinski definition) is 0. The summed E-state index contributed by atoms with van der Waals surface area (Å²) < 4.78 is 38.3. The molecule has 0 unspecified atom stereocenters. The van der Waals surface area contributed by atoms with E-state index >= 15 is 0 Å². The van der Waals surface area contributed by atoms with Gasteiger partial charge in [0.15, 0.2) is 17.1 Å². The van der Waals surface area contributed by atoms with E-state index in [1.54, 1.807) is 36.4 Å². The molecule has 2 heterocycles. The molecule has 0 N–H and O–H groups in total. The zero-order chi connectivity index (χ0) is 22.9. The van der Waals surface area contributed by atoms with Crippen LogP contribution in [0.4, 0.5) is 5.69 Å². The predicted octanol–water partition coefficient (Wildman–Crippen LogP) is 4.01. The summed E-state index contributed by atoms with van der Waals surface area (Å²) in [5.41, 5.74) is 1.79. The van der Waals surface area contributed by atoms with Crippen LogP contribution in [0.5, 0.6) is 11.5 Å². The molecule has 2 aromatic heterocycles. The number of ether oxygens (including phenoxy) is 2. The molecule has 0 aliphatic rings. The number of non-ortho nitro benzene ring substituents is 1. The number of nitro benzene ring substituents is 1. The second kappa shape index (κ2) is 8.31. The van der Waals surface area contributed by atoms with Crippen molar-refractivity contribution in [3.05, 3.63) is 82.7 Å². The van der Waals surface area contributed by atoms with Gasteiger partial charge in [0, 0.05) is 35.5 Å². The molecule has 0 spiro atoms. The number of nitrogens with zero attached hydrogens (tertiary/aromatic N) is 3. The molecule has 0 radical (unpaired) electrons. The van der Waals surface area contributed by atoms with Crippen molar-refractivity contribution in [1.82, 2.24) is 8.96 Å². The van der Waals surface area contributed by atoms with E-state index in [0.717, 1.165) is 9.54 Å². The van der Waals surface area contributed by atoms with Gasteiger partial charge in [-0.05, 0) is 35.4 Å². The Morgan fingerprint density at radius 2 is 1.81 bits per heavy atom. The van der Waals surface area contributed by atoms with E-state index in [-0.39, 0.29) is 11.3 Å². The number of aromatic nitrogens is 2. The second-order valence-corrected chi connectivity index (χ2v) is 8.81. The van der Waals surface area contributed by atoms with Gasteiger partial charge in [0.2, 0.25) is 10.0 Å². The summed E-state index contributed by atoms with van der Waals surface area (Å²) in [7, 11) is -0.863. The maximum absolute atomic E-state index is 13.3. The Morgan fingerprint density at radius 1 is 1.03 bits per heavy atom. The maximum Gasteiger partial charge on any atom is 0.269 e. The van der Waals surface area contributed by atoms with Gasteiger partial charge in [0.1, 0.15) is 0 Å². The molecule has 0 atom stereocenters. The molecule has 0 saturated carbocycles. The van der Waals surface area contributed by atoms with Gasteiger partial charge in [-0.2, -0.15) is 0 Å². The summed E-state index contributed by atoms with van der Waals surface area (Å²) >= 11 is 0. The van der Waals surface area contributed by atoms with E-state index in [9.17, 15) is 18.5 Å². The Morgan fingerprint density at radius 3 is 2.53 bits per heavy atom. The fraction of sp³-hybridized carbons (Fsp3) is 0.136. The lowest BCUT2D eigenvalue weighted by Crippen LogP contribution is -2.14. The van der Waals surface area contributed by atoms with Crippen molar-refractivity contribution >= 4 is 26.7 Å². The van der Waals surface area contributed by atoms with Crippen LogP contribution in [0.2, 0.25) is 0 Å². The highest BCUT2D eigenvalue weighted by Gasteiger charge is 2.22. The zero-order valence-corrected chi connectivity index (χ0v) is 18.1. The highest BCUT2D eigenvalue weighted by atomic mass is 32.2. The SMILES string of the molecule is COc1ccc(-c2cn(S(=O)(=O)Cc3cccc([N+](=O)[O-])c3)c3ncccc23)cc1OC. The first-order valence-corrected chi connectivity index (χ1v) is 11.1. The molecule has 0 amide bonds. The molecule has 0 aliphatic heterocycles. The van der Waals surface area contributed by atoms with E-state index in [0.29, 0.717) is 28.0 Å². The number of benzene rings is 2. The normalized spacial score (nSPS) is 11.4. The summed E-state index contributed by atoms with van der Waals surface area (Å²) in [6.07, 6.45) is 3.02. The minimum absolute atomic E-state index is 0.167. The summed E-state index contributed by atoms with van der Waals surface area (Å²) in [6.45, 7) is 0. The third-order valence-corrected chi connectivity index (χ3v) is 6.57. The van der Waals surface area contributed by atoms with E-state index in [2.05, 4.69) is 4.98 Å². The highest BCUT2D eigenvalue weighted by molar-refractivity contribution is 7.89. The molecule has 4 aromatic rings. The zero-order valence-electron chi connectivity index (χ0n) is 17.3. The van der Waals surface area contributed by atoms with Gasteiger partial charge in [-0.15, -0.1) is 0 Å². The molecule has 0 bridgehead atoms. The van der Waals surface area contributed by atoms with Gasteiger partial charge < -0.3 is 9.47 Å². The largest absolute Gasteiger partial charge is 0.493 e. The minimum atomic E-state index is -3.92. The van der Waals surface area contributed by atoms with Gasteiger partial charge in [-0.25, -0.2) is 17.4 Å². The quantitative estimate of drug-likeness (QED) is 0.307. The number of pyridine rings is 1.